The lowest BCUT2D eigenvalue weighted by Crippen LogP contribution is -2.70. The molecular formula is C19H54N4OPSi5+. The van der Waals surface area contributed by atoms with Gasteiger partial charge in [0, 0.05) is 0 Å². The van der Waals surface area contributed by atoms with Gasteiger partial charge in [0.05, 0.1) is 5.60 Å². The van der Waals surface area contributed by atoms with Crippen LogP contribution in [-0.4, -0.2) is 59.6 Å². The minimum absolute atomic E-state index is 0.234. The molecule has 0 rings (SSSR count). The average molecular weight is 526 g/mol. The Morgan fingerprint density at radius 1 is 0.633 bits per heavy atom. The summed E-state index contributed by atoms with van der Waals surface area (Å²) in [5, 5.41) is 0. The van der Waals surface area contributed by atoms with Gasteiger partial charge in [-0.25, -0.2) is 4.44 Å². The minimum atomic E-state index is -1.77. The van der Waals surface area contributed by atoms with Crippen molar-refractivity contribution in [2.24, 2.45) is 4.88 Å². The normalized spacial score (nSPS) is 16.3. The van der Waals surface area contributed by atoms with Gasteiger partial charge in [0.15, 0.2) is 0 Å². The van der Waals surface area contributed by atoms with E-state index in [0.717, 1.165) is 0 Å². The van der Waals surface area contributed by atoms with E-state index in [9.17, 15) is 0 Å². The second-order valence-corrected chi connectivity index (χ2v) is 40.7. The highest BCUT2D eigenvalue weighted by Gasteiger charge is 2.51. The monoisotopic (exact) mass is 525 g/mol. The first-order valence-corrected chi connectivity index (χ1v) is 29.7. The molecule has 0 bridgehead atoms. The van der Waals surface area contributed by atoms with Crippen molar-refractivity contribution in [3.05, 3.63) is 0 Å². The quantitative estimate of drug-likeness (QED) is 0.132. The SMILES string of the molecule is CC(C)(C)OP(N=[N+]([Si](C)(C)C)[Si](C)(C)C)N(N([Si](C)(C)C)[Si](C)(C)C)[Si](C)(C)C. The van der Waals surface area contributed by atoms with Crippen molar-refractivity contribution in [2.75, 3.05) is 0 Å². The number of hydrogen-bond acceptors (Lipinski definition) is 4. The van der Waals surface area contributed by atoms with Crippen molar-refractivity contribution in [1.82, 2.24) is 8.79 Å². The van der Waals surface area contributed by atoms with Crippen LogP contribution in [0.2, 0.25) is 98.2 Å². The van der Waals surface area contributed by atoms with E-state index in [1.165, 1.54) is 0 Å². The van der Waals surface area contributed by atoms with Crippen LogP contribution in [0, 0.1) is 0 Å². The highest BCUT2D eigenvalue weighted by Crippen LogP contribution is 2.53. The Labute approximate surface area is 196 Å². The fourth-order valence-electron chi connectivity index (χ4n) is 3.90. The van der Waals surface area contributed by atoms with E-state index in [4.69, 9.17) is 9.41 Å². The van der Waals surface area contributed by atoms with Crippen LogP contribution in [0.3, 0.4) is 0 Å². The smallest absolute Gasteiger partial charge is 0.316 e. The highest BCUT2D eigenvalue weighted by atomic mass is 31.2. The fourth-order valence-corrected chi connectivity index (χ4v) is 33.3. The van der Waals surface area contributed by atoms with Gasteiger partial charge in [0.25, 0.3) is 0 Å². The van der Waals surface area contributed by atoms with Crippen LogP contribution in [0.4, 0.5) is 0 Å². The van der Waals surface area contributed by atoms with Crippen LogP contribution >= 0.6 is 8.45 Å². The van der Waals surface area contributed by atoms with Gasteiger partial charge in [-0.15, -0.1) is 0 Å². The number of hydrogen-bond donors (Lipinski definition) is 0. The van der Waals surface area contributed by atoms with Gasteiger partial charge in [0.1, 0.15) is 24.7 Å². The summed E-state index contributed by atoms with van der Waals surface area (Å²) in [7, 11) is -9.45. The summed E-state index contributed by atoms with van der Waals surface area (Å²) >= 11 is 0. The molecule has 0 amide bonds. The van der Waals surface area contributed by atoms with Crippen LogP contribution in [0.15, 0.2) is 4.88 Å². The fraction of sp³-hybridized carbons (Fsp3) is 1.00. The molecule has 1 unspecified atom stereocenters. The Hall–Kier alpha value is 0.994. The summed E-state index contributed by atoms with van der Waals surface area (Å²) in [4.78, 5) is 5.58. The molecule has 0 aromatic rings. The number of rotatable bonds is 9. The van der Waals surface area contributed by atoms with Gasteiger partial charge in [0.2, 0.25) is 0 Å². The molecular weight excluding hydrogens is 472 g/mol. The second kappa shape index (κ2) is 9.70. The van der Waals surface area contributed by atoms with Gasteiger partial charge < -0.3 is 4.52 Å². The summed E-state index contributed by atoms with van der Waals surface area (Å²) in [6.07, 6.45) is 0. The maximum atomic E-state index is 6.88. The molecule has 0 spiro atoms. The van der Waals surface area contributed by atoms with Crippen LogP contribution in [0.1, 0.15) is 20.8 Å². The molecule has 0 aliphatic heterocycles. The lowest BCUT2D eigenvalue weighted by atomic mass is 10.2. The molecule has 0 N–H and O–H groups in total. The third kappa shape index (κ3) is 9.86. The van der Waals surface area contributed by atoms with Crippen molar-refractivity contribution in [3.63, 3.8) is 0 Å². The zero-order valence-electron chi connectivity index (χ0n) is 23.6. The van der Waals surface area contributed by atoms with Crippen molar-refractivity contribution in [2.45, 2.75) is 125 Å². The van der Waals surface area contributed by atoms with E-state index in [0.29, 0.717) is 0 Å². The molecule has 1 atom stereocenters. The number of hydrazine groups is 1. The van der Waals surface area contributed by atoms with Crippen LogP contribution in [0.25, 0.3) is 0 Å². The molecule has 0 aliphatic carbocycles. The van der Waals surface area contributed by atoms with E-state index in [-0.39, 0.29) is 5.60 Å². The first-order chi connectivity index (χ1) is 12.7. The largest absolute Gasteiger partial charge is 0.352 e. The van der Waals surface area contributed by atoms with E-state index in [1.54, 1.807) is 0 Å². The molecule has 0 saturated carbocycles. The minimum Gasteiger partial charge on any atom is -0.316 e. The zero-order chi connectivity index (χ0) is 24.7. The van der Waals surface area contributed by atoms with Crippen molar-refractivity contribution >= 4 is 49.6 Å². The standard InChI is InChI=1S/C19H54N4OPSi5/c1-19(2,3)24-25(20-21(26(4,5)6)27(7,8)9)22(28(10,11)12)23(29(13,14)15)30(16,17)18/h1-18H3/q+1. The Bertz CT molecular complexity index is 575. The maximum absolute atomic E-state index is 6.88. The molecule has 0 aliphatic rings. The van der Waals surface area contributed by atoms with Crippen LogP contribution in [-0.2, 0) is 4.52 Å². The molecule has 5 nitrogen and oxygen atoms in total. The molecule has 180 valence electrons. The predicted octanol–water partition coefficient (Wildman–Crippen LogP) is 8.19. The number of nitrogens with zero attached hydrogens (tertiary/aromatic N) is 4. The maximum Gasteiger partial charge on any atom is 0.352 e. The Balaban J connectivity index is 7.11. The Morgan fingerprint density at radius 3 is 1.17 bits per heavy atom. The molecule has 11 heteroatoms. The zero-order valence-corrected chi connectivity index (χ0v) is 29.5. The molecule has 0 saturated heterocycles. The van der Waals surface area contributed by atoms with Gasteiger partial charge >= 0.3 is 24.9 Å². The van der Waals surface area contributed by atoms with Gasteiger partial charge in [-0.2, -0.15) is 0 Å². The summed E-state index contributed by atoms with van der Waals surface area (Å²) in [5.74, 6) is 0. The molecule has 0 aromatic heterocycles. The van der Waals surface area contributed by atoms with Crippen molar-refractivity contribution < 1.29 is 8.55 Å². The summed E-state index contributed by atoms with van der Waals surface area (Å²) in [5.41, 5.74) is -0.234. The Morgan fingerprint density at radius 2 is 0.967 bits per heavy atom. The molecule has 0 fully saturated rings. The van der Waals surface area contributed by atoms with E-state index in [2.05, 4.69) is 132 Å². The van der Waals surface area contributed by atoms with Crippen LogP contribution in [0.5, 0.6) is 0 Å². The van der Waals surface area contributed by atoms with E-state index in [1.807, 2.05) is 0 Å². The van der Waals surface area contributed by atoms with E-state index >= 15 is 0 Å². The molecule has 0 radical (unpaired) electrons. The average Bonchev–Trinajstić information content (AvgIpc) is 2.32. The predicted molar refractivity (Wildman–Crippen MR) is 151 cm³/mol. The van der Waals surface area contributed by atoms with Crippen LogP contribution < -0.4 is 0 Å². The highest BCUT2D eigenvalue weighted by molar-refractivity contribution is 7.51. The lowest BCUT2D eigenvalue weighted by Gasteiger charge is -2.55. The van der Waals surface area contributed by atoms with Gasteiger partial charge in [-0.05, 0) is 64.9 Å². The second-order valence-electron chi connectivity index (χ2n) is 14.3. The lowest BCUT2D eigenvalue weighted by molar-refractivity contribution is -0.326. The Kier molecular flexibility index (Phi) is 10.0. The van der Waals surface area contributed by atoms with Gasteiger partial charge in [-0.1, -0.05) is 58.9 Å². The summed E-state index contributed by atoms with van der Waals surface area (Å²) in [6.45, 7) is 43.4. The molecule has 0 heterocycles. The van der Waals surface area contributed by atoms with E-state index < -0.39 is 49.6 Å². The summed E-state index contributed by atoms with van der Waals surface area (Å²) < 4.78 is 15.0. The molecule has 30 heavy (non-hydrogen) atoms. The van der Waals surface area contributed by atoms with Crippen molar-refractivity contribution in [1.29, 1.82) is 0 Å². The first kappa shape index (κ1) is 31.0. The summed E-state index contributed by atoms with van der Waals surface area (Å²) in [6, 6.07) is 0. The van der Waals surface area contributed by atoms with Gasteiger partial charge in [-0.3, -0.25) is 8.37 Å². The first-order valence-electron chi connectivity index (χ1n) is 11.3. The topological polar surface area (TPSA) is 31.1 Å². The molecule has 0 aromatic carbocycles. The van der Waals surface area contributed by atoms with Crippen molar-refractivity contribution in [3.8, 4) is 0 Å². The third-order valence-electron chi connectivity index (χ3n) is 4.01. The third-order valence-corrected chi connectivity index (χ3v) is 24.1.